The van der Waals surface area contributed by atoms with Crippen LogP contribution in [0.25, 0.3) is 0 Å². The Hall–Kier alpha value is -1.26. The third-order valence-corrected chi connectivity index (χ3v) is 4.37. The minimum atomic E-state index is -0.280. The van der Waals surface area contributed by atoms with Gasteiger partial charge in [0.2, 0.25) is 11.8 Å². The SMILES string of the molecule is O=C(NC1CC1)C1CC(=O)N(c2ccc(Cl)c(Cl)c2)C1. The van der Waals surface area contributed by atoms with Crippen molar-refractivity contribution in [2.75, 3.05) is 11.4 Å². The van der Waals surface area contributed by atoms with Crippen molar-refractivity contribution in [2.24, 2.45) is 5.92 Å². The van der Waals surface area contributed by atoms with E-state index in [1.54, 1.807) is 23.1 Å². The van der Waals surface area contributed by atoms with Gasteiger partial charge in [-0.05, 0) is 31.0 Å². The smallest absolute Gasteiger partial charge is 0.227 e. The molecule has 1 unspecified atom stereocenters. The molecule has 20 heavy (non-hydrogen) atoms. The fraction of sp³-hybridized carbons (Fsp3) is 0.429. The highest BCUT2D eigenvalue weighted by Gasteiger charge is 2.37. The number of benzene rings is 1. The molecule has 4 nitrogen and oxygen atoms in total. The summed E-state index contributed by atoms with van der Waals surface area (Å²) in [7, 11) is 0. The van der Waals surface area contributed by atoms with Crippen LogP contribution in [0.2, 0.25) is 10.0 Å². The maximum Gasteiger partial charge on any atom is 0.227 e. The van der Waals surface area contributed by atoms with E-state index in [0.29, 0.717) is 28.3 Å². The van der Waals surface area contributed by atoms with Gasteiger partial charge >= 0.3 is 0 Å². The van der Waals surface area contributed by atoms with E-state index in [1.165, 1.54) is 0 Å². The average molecular weight is 313 g/mol. The fourth-order valence-electron chi connectivity index (χ4n) is 2.33. The standard InChI is InChI=1S/C14H14Cl2N2O2/c15-11-4-3-10(6-12(11)16)18-7-8(5-13(18)19)14(20)17-9-1-2-9/h3-4,6,8-9H,1-2,5,7H2,(H,17,20). The van der Waals surface area contributed by atoms with Crippen molar-refractivity contribution in [3.63, 3.8) is 0 Å². The molecule has 0 radical (unpaired) electrons. The van der Waals surface area contributed by atoms with E-state index in [4.69, 9.17) is 23.2 Å². The third kappa shape index (κ3) is 2.76. The molecule has 1 saturated heterocycles. The van der Waals surface area contributed by atoms with Gasteiger partial charge in [0, 0.05) is 24.7 Å². The minimum absolute atomic E-state index is 0.0246. The minimum Gasteiger partial charge on any atom is -0.353 e. The summed E-state index contributed by atoms with van der Waals surface area (Å²) in [5.41, 5.74) is 0.686. The Morgan fingerprint density at radius 2 is 2.00 bits per heavy atom. The number of halogens is 2. The molecule has 1 aromatic carbocycles. The van der Waals surface area contributed by atoms with Crippen LogP contribution in [0, 0.1) is 5.92 Å². The lowest BCUT2D eigenvalue weighted by atomic mass is 10.1. The van der Waals surface area contributed by atoms with E-state index < -0.39 is 0 Å². The molecule has 0 bridgehead atoms. The highest BCUT2D eigenvalue weighted by Crippen LogP contribution is 2.31. The van der Waals surface area contributed by atoms with Gasteiger partial charge in [0.15, 0.2) is 0 Å². The molecular formula is C14H14Cl2N2O2. The second kappa shape index (κ2) is 5.26. The molecule has 0 spiro atoms. The predicted molar refractivity (Wildman–Crippen MR) is 78.1 cm³/mol. The number of carbonyl (C=O) groups excluding carboxylic acids is 2. The van der Waals surface area contributed by atoms with E-state index in [2.05, 4.69) is 5.32 Å². The lowest BCUT2D eigenvalue weighted by Gasteiger charge is -2.17. The average Bonchev–Trinajstić information content (AvgIpc) is 3.13. The van der Waals surface area contributed by atoms with Crippen LogP contribution in [0.3, 0.4) is 0 Å². The van der Waals surface area contributed by atoms with Crippen LogP contribution < -0.4 is 10.2 Å². The summed E-state index contributed by atoms with van der Waals surface area (Å²) in [5.74, 6) is -0.361. The Labute approximate surface area is 127 Å². The van der Waals surface area contributed by atoms with Crippen molar-refractivity contribution in [1.29, 1.82) is 0 Å². The summed E-state index contributed by atoms with van der Waals surface area (Å²) < 4.78 is 0. The number of nitrogens with zero attached hydrogens (tertiary/aromatic N) is 1. The first-order valence-electron chi connectivity index (χ1n) is 6.60. The lowest BCUT2D eigenvalue weighted by Crippen LogP contribution is -2.34. The fourth-order valence-corrected chi connectivity index (χ4v) is 2.62. The van der Waals surface area contributed by atoms with Crippen LogP contribution in [0.1, 0.15) is 19.3 Å². The normalized spacial score (nSPS) is 22.2. The Morgan fingerprint density at radius 1 is 1.25 bits per heavy atom. The second-order valence-electron chi connectivity index (χ2n) is 5.29. The van der Waals surface area contributed by atoms with Gasteiger partial charge in [-0.1, -0.05) is 23.2 Å². The zero-order valence-electron chi connectivity index (χ0n) is 10.7. The van der Waals surface area contributed by atoms with Gasteiger partial charge in [0.1, 0.15) is 0 Å². The molecule has 1 atom stereocenters. The molecule has 2 fully saturated rings. The first-order valence-corrected chi connectivity index (χ1v) is 7.36. The summed E-state index contributed by atoms with van der Waals surface area (Å²) in [6.45, 7) is 0.398. The van der Waals surface area contributed by atoms with Gasteiger partial charge in [0.05, 0.1) is 16.0 Å². The monoisotopic (exact) mass is 312 g/mol. The molecule has 1 N–H and O–H groups in total. The predicted octanol–water partition coefficient (Wildman–Crippen LogP) is 2.62. The highest BCUT2D eigenvalue weighted by atomic mass is 35.5. The van der Waals surface area contributed by atoms with E-state index in [0.717, 1.165) is 12.8 Å². The van der Waals surface area contributed by atoms with E-state index in [9.17, 15) is 9.59 Å². The van der Waals surface area contributed by atoms with Gasteiger partial charge in [-0.3, -0.25) is 9.59 Å². The molecule has 106 valence electrons. The molecule has 2 aliphatic rings. The Balaban J connectivity index is 1.72. The van der Waals surface area contributed by atoms with Crippen molar-refractivity contribution in [2.45, 2.75) is 25.3 Å². The van der Waals surface area contributed by atoms with Crippen molar-refractivity contribution in [1.82, 2.24) is 5.32 Å². The molecule has 3 rings (SSSR count). The number of nitrogens with one attached hydrogen (secondary N) is 1. The molecule has 2 amide bonds. The zero-order chi connectivity index (χ0) is 14.3. The Bertz CT molecular complexity index is 572. The number of hydrogen-bond donors (Lipinski definition) is 1. The van der Waals surface area contributed by atoms with Crippen LogP contribution in [0.4, 0.5) is 5.69 Å². The maximum absolute atomic E-state index is 12.1. The molecular weight excluding hydrogens is 299 g/mol. The van der Waals surface area contributed by atoms with Crippen LogP contribution >= 0.6 is 23.2 Å². The van der Waals surface area contributed by atoms with Gasteiger partial charge in [-0.25, -0.2) is 0 Å². The number of carbonyl (C=O) groups is 2. The van der Waals surface area contributed by atoms with Crippen LogP contribution in [-0.4, -0.2) is 24.4 Å². The van der Waals surface area contributed by atoms with Crippen LogP contribution in [-0.2, 0) is 9.59 Å². The third-order valence-electron chi connectivity index (χ3n) is 3.63. The Morgan fingerprint density at radius 3 is 2.65 bits per heavy atom. The van der Waals surface area contributed by atoms with E-state index >= 15 is 0 Å². The topological polar surface area (TPSA) is 49.4 Å². The molecule has 6 heteroatoms. The van der Waals surface area contributed by atoms with E-state index in [-0.39, 0.29) is 24.2 Å². The van der Waals surface area contributed by atoms with Crippen molar-refractivity contribution in [3.05, 3.63) is 28.2 Å². The lowest BCUT2D eigenvalue weighted by molar-refractivity contribution is -0.126. The zero-order valence-corrected chi connectivity index (χ0v) is 12.2. The number of hydrogen-bond acceptors (Lipinski definition) is 2. The molecule has 1 heterocycles. The van der Waals surface area contributed by atoms with Gasteiger partial charge in [-0.2, -0.15) is 0 Å². The van der Waals surface area contributed by atoms with Crippen molar-refractivity contribution >= 4 is 40.7 Å². The van der Waals surface area contributed by atoms with Gasteiger partial charge in [-0.15, -0.1) is 0 Å². The molecule has 1 aromatic rings. The molecule has 1 saturated carbocycles. The molecule has 0 aromatic heterocycles. The Kier molecular flexibility index (Phi) is 3.61. The summed E-state index contributed by atoms with van der Waals surface area (Å²) in [4.78, 5) is 25.7. The van der Waals surface area contributed by atoms with E-state index in [1.807, 2.05) is 0 Å². The summed E-state index contributed by atoms with van der Waals surface area (Å²) in [6, 6.07) is 5.37. The number of anilines is 1. The molecule has 1 aliphatic heterocycles. The first kappa shape index (κ1) is 13.7. The maximum atomic E-state index is 12.1. The molecule has 1 aliphatic carbocycles. The van der Waals surface area contributed by atoms with Crippen molar-refractivity contribution < 1.29 is 9.59 Å². The number of amides is 2. The summed E-state index contributed by atoms with van der Waals surface area (Å²) in [6.07, 6.45) is 2.34. The van der Waals surface area contributed by atoms with Gasteiger partial charge < -0.3 is 10.2 Å². The highest BCUT2D eigenvalue weighted by molar-refractivity contribution is 6.42. The van der Waals surface area contributed by atoms with Crippen LogP contribution in [0.5, 0.6) is 0 Å². The van der Waals surface area contributed by atoms with Crippen LogP contribution in [0.15, 0.2) is 18.2 Å². The number of rotatable bonds is 3. The quantitative estimate of drug-likeness (QED) is 0.932. The summed E-state index contributed by atoms with van der Waals surface area (Å²) >= 11 is 11.8. The van der Waals surface area contributed by atoms with Crippen molar-refractivity contribution in [3.8, 4) is 0 Å². The first-order chi connectivity index (χ1) is 9.54. The van der Waals surface area contributed by atoms with Gasteiger partial charge in [0.25, 0.3) is 0 Å². The second-order valence-corrected chi connectivity index (χ2v) is 6.10. The largest absolute Gasteiger partial charge is 0.353 e. The summed E-state index contributed by atoms with van der Waals surface area (Å²) in [5, 5.41) is 3.80.